The highest BCUT2D eigenvalue weighted by Gasteiger charge is 2.33. The molecule has 0 unspecified atom stereocenters. The van der Waals surface area contributed by atoms with E-state index in [4.69, 9.17) is 11.5 Å². The van der Waals surface area contributed by atoms with Crippen LogP contribution in [-0.4, -0.2) is 59.9 Å². The lowest BCUT2D eigenvalue weighted by Gasteiger charge is -2.42. The van der Waals surface area contributed by atoms with Crippen molar-refractivity contribution in [3.05, 3.63) is 71.8 Å². The van der Waals surface area contributed by atoms with Crippen LogP contribution in [-0.2, 0) is 22.4 Å². The van der Waals surface area contributed by atoms with Gasteiger partial charge < -0.3 is 21.3 Å². The summed E-state index contributed by atoms with van der Waals surface area (Å²) in [6.07, 6.45) is 3.01. The zero-order chi connectivity index (χ0) is 21.3. The van der Waals surface area contributed by atoms with Crippen LogP contribution in [0.3, 0.4) is 0 Å². The predicted octanol–water partition coefficient (Wildman–Crippen LogP) is 1.58. The lowest BCUT2D eigenvalue weighted by atomic mass is 9.99. The van der Waals surface area contributed by atoms with Crippen molar-refractivity contribution in [1.29, 1.82) is 0 Å². The summed E-state index contributed by atoms with van der Waals surface area (Å²) in [6.45, 7) is 1.52. The molecule has 3 rings (SSSR count). The Morgan fingerprint density at radius 3 is 2.13 bits per heavy atom. The second kappa shape index (κ2) is 10.9. The Morgan fingerprint density at radius 1 is 0.933 bits per heavy atom. The number of carbonyl (C=O) groups excluding carboxylic acids is 2. The van der Waals surface area contributed by atoms with Gasteiger partial charge in [-0.25, -0.2) is 0 Å². The van der Waals surface area contributed by atoms with Gasteiger partial charge in [-0.3, -0.25) is 9.59 Å². The Kier molecular flexibility index (Phi) is 7.99. The van der Waals surface area contributed by atoms with E-state index in [1.54, 1.807) is 4.90 Å². The first-order chi connectivity index (χ1) is 14.6. The van der Waals surface area contributed by atoms with E-state index in [1.807, 2.05) is 41.3 Å². The maximum absolute atomic E-state index is 13.2. The second-order valence-corrected chi connectivity index (χ2v) is 7.88. The number of nitrogens with two attached hydrogens (primary N) is 2. The zero-order valence-corrected chi connectivity index (χ0v) is 17.5. The van der Waals surface area contributed by atoms with Gasteiger partial charge >= 0.3 is 0 Å². The van der Waals surface area contributed by atoms with Gasteiger partial charge in [0.2, 0.25) is 11.8 Å². The van der Waals surface area contributed by atoms with Crippen LogP contribution >= 0.6 is 0 Å². The van der Waals surface area contributed by atoms with Crippen LogP contribution in [0.5, 0.6) is 0 Å². The van der Waals surface area contributed by atoms with Crippen LogP contribution in [0.1, 0.15) is 24.0 Å². The van der Waals surface area contributed by atoms with Gasteiger partial charge in [0.25, 0.3) is 0 Å². The van der Waals surface area contributed by atoms with Gasteiger partial charge in [-0.1, -0.05) is 60.7 Å². The largest absolute Gasteiger partial charge is 0.338 e. The van der Waals surface area contributed by atoms with Gasteiger partial charge in [0.1, 0.15) is 0 Å². The third-order valence-corrected chi connectivity index (χ3v) is 5.81. The van der Waals surface area contributed by atoms with Gasteiger partial charge in [-0.2, -0.15) is 0 Å². The second-order valence-electron chi connectivity index (χ2n) is 7.88. The van der Waals surface area contributed by atoms with E-state index in [0.29, 0.717) is 26.1 Å². The van der Waals surface area contributed by atoms with E-state index in [-0.39, 0.29) is 24.4 Å². The van der Waals surface area contributed by atoms with Crippen LogP contribution in [0.4, 0.5) is 0 Å². The summed E-state index contributed by atoms with van der Waals surface area (Å²) in [5.41, 5.74) is 14.3. The summed E-state index contributed by atoms with van der Waals surface area (Å²) in [4.78, 5) is 28.9. The van der Waals surface area contributed by atoms with Gasteiger partial charge in [-0.05, 0) is 36.8 Å². The van der Waals surface area contributed by atoms with E-state index >= 15 is 0 Å². The van der Waals surface area contributed by atoms with Crippen molar-refractivity contribution < 1.29 is 9.59 Å². The molecule has 2 atom stereocenters. The molecule has 1 heterocycles. The van der Waals surface area contributed by atoms with Gasteiger partial charge in [0.05, 0.1) is 12.6 Å². The molecule has 0 spiro atoms. The standard InChI is InChI=1S/C24H32N4O2/c25-17-23(29)27-15-16-28(21(18-27)13-11-19-7-3-1-4-8-19)24(30)22(26)14-12-20-9-5-2-6-10-20/h1-10,21-22H,11-18,25-26H2/t21-,22+/m0/s1. The highest BCUT2D eigenvalue weighted by atomic mass is 16.2. The lowest BCUT2D eigenvalue weighted by Crippen LogP contribution is -2.60. The van der Waals surface area contributed by atoms with Crippen LogP contribution in [0.2, 0.25) is 0 Å². The smallest absolute Gasteiger partial charge is 0.239 e. The van der Waals surface area contributed by atoms with Crippen LogP contribution < -0.4 is 11.5 Å². The molecule has 6 heteroatoms. The normalized spacial score (nSPS) is 17.6. The third kappa shape index (κ3) is 5.90. The van der Waals surface area contributed by atoms with Crippen molar-refractivity contribution in [3.63, 3.8) is 0 Å². The molecule has 2 aromatic rings. The molecule has 0 saturated carbocycles. The predicted molar refractivity (Wildman–Crippen MR) is 119 cm³/mol. The fraction of sp³-hybridized carbons (Fsp3) is 0.417. The number of rotatable bonds is 8. The molecule has 1 fully saturated rings. The maximum Gasteiger partial charge on any atom is 0.239 e. The fourth-order valence-corrected chi connectivity index (χ4v) is 4.03. The number of benzene rings is 2. The summed E-state index contributed by atoms with van der Waals surface area (Å²) in [7, 11) is 0. The summed E-state index contributed by atoms with van der Waals surface area (Å²) in [5, 5.41) is 0. The topological polar surface area (TPSA) is 92.7 Å². The van der Waals surface area contributed by atoms with Crippen molar-refractivity contribution in [3.8, 4) is 0 Å². The maximum atomic E-state index is 13.2. The molecule has 0 radical (unpaired) electrons. The summed E-state index contributed by atoms with van der Waals surface area (Å²) in [6, 6.07) is 19.7. The minimum absolute atomic E-state index is 0.00403. The molecule has 30 heavy (non-hydrogen) atoms. The van der Waals surface area contributed by atoms with Crippen LogP contribution in [0, 0.1) is 0 Å². The zero-order valence-electron chi connectivity index (χ0n) is 17.5. The monoisotopic (exact) mass is 408 g/mol. The lowest BCUT2D eigenvalue weighted by molar-refractivity contribution is -0.143. The Morgan fingerprint density at radius 2 is 1.53 bits per heavy atom. The van der Waals surface area contributed by atoms with Gasteiger partial charge in [-0.15, -0.1) is 0 Å². The molecular weight excluding hydrogens is 376 g/mol. The van der Waals surface area contributed by atoms with Crippen LogP contribution in [0.15, 0.2) is 60.7 Å². The SMILES string of the molecule is NCC(=O)N1CCN(C(=O)[C@H](N)CCc2ccccc2)[C@@H](CCc2ccccc2)C1. The van der Waals surface area contributed by atoms with Crippen molar-refractivity contribution >= 4 is 11.8 Å². The van der Waals surface area contributed by atoms with E-state index in [9.17, 15) is 9.59 Å². The van der Waals surface area contributed by atoms with Crippen molar-refractivity contribution in [2.24, 2.45) is 11.5 Å². The van der Waals surface area contributed by atoms with Gasteiger partial charge in [0, 0.05) is 25.7 Å². The van der Waals surface area contributed by atoms with Gasteiger partial charge in [0.15, 0.2) is 0 Å². The average Bonchev–Trinajstić information content (AvgIpc) is 2.81. The summed E-state index contributed by atoms with van der Waals surface area (Å²) < 4.78 is 0. The quantitative estimate of drug-likeness (QED) is 0.694. The average molecular weight is 409 g/mol. The van der Waals surface area contributed by atoms with Crippen molar-refractivity contribution in [1.82, 2.24) is 9.80 Å². The first-order valence-electron chi connectivity index (χ1n) is 10.7. The summed E-state index contributed by atoms with van der Waals surface area (Å²) >= 11 is 0. The Bertz CT molecular complexity index is 812. The molecule has 2 amide bonds. The number of nitrogens with zero attached hydrogens (tertiary/aromatic N) is 2. The van der Waals surface area contributed by atoms with Crippen molar-refractivity contribution in [2.45, 2.75) is 37.8 Å². The molecule has 0 aromatic heterocycles. The molecule has 0 aliphatic carbocycles. The number of carbonyl (C=O) groups is 2. The van der Waals surface area contributed by atoms with Crippen LogP contribution in [0.25, 0.3) is 0 Å². The highest BCUT2D eigenvalue weighted by Crippen LogP contribution is 2.18. The summed E-state index contributed by atoms with van der Waals surface area (Å²) in [5.74, 6) is -0.0935. The Balaban J connectivity index is 1.64. The molecule has 1 aliphatic rings. The minimum atomic E-state index is -0.541. The molecule has 1 saturated heterocycles. The Hall–Kier alpha value is -2.70. The van der Waals surface area contributed by atoms with E-state index in [2.05, 4.69) is 24.3 Å². The first kappa shape index (κ1) is 22.0. The van der Waals surface area contributed by atoms with E-state index in [1.165, 1.54) is 11.1 Å². The number of hydrogen-bond acceptors (Lipinski definition) is 4. The molecule has 160 valence electrons. The minimum Gasteiger partial charge on any atom is -0.338 e. The first-order valence-corrected chi connectivity index (χ1v) is 10.7. The molecule has 0 bridgehead atoms. The number of piperazine rings is 1. The molecule has 2 aromatic carbocycles. The van der Waals surface area contributed by atoms with Crippen molar-refractivity contribution in [2.75, 3.05) is 26.2 Å². The number of aryl methyl sites for hydroxylation is 2. The van der Waals surface area contributed by atoms with E-state index in [0.717, 1.165) is 19.3 Å². The fourth-order valence-electron chi connectivity index (χ4n) is 4.03. The third-order valence-electron chi connectivity index (χ3n) is 5.81. The Labute approximate surface area is 178 Å². The van der Waals surface area contributed by atoms with E-state index < -0.39 is 6.04 Å². The molecule has 1 aliphatic heterocycles. The molecular formula is C24H32N4O2. The highest BCUT2D eigenvalue weighted by molar-refractivity contribution is 5.83. The molecule has 6 nitrogen and oxygen atoms in total. The number of amides is 2. The number of hydrogen-bond donors (Lipinski definition) is 2. The molecule has 4 N–H and O–H groups in total.